The monoisotopic (exact) mass is 581 g/mol. The number of nitrogens with one attached hydrogen (secondary N) is 3. The number of benzene rings is 4. The number of hydrogen-bond donors (Lipinski definition) is 3. The smallest absolute Gasteiger partial charge is 0.298 e. The Balaban J connectivity index is 1.34. The Morgan fingerprint density at radius 3 is 2.60 bits per heavy atom. The van der Waals surface area contributed by atoms with Gasteiger partial charge >= 0.3 is 0 Å². The van der Waals surface area contributed by atoms with Crippen molar-refractivity contribution in [2.45, 2.75) is 56.6 Å². The van der Waals surface area contributed by atoms with Gasteiger partial charge in [0.15, 0.2) is 0 Å². The summed E-state index contributed by atoms with van der Waals surface area (Å²) < 4.78 is 33.5. The van der Waals surface area contributed by atoms with Crippen LogP contribution in [0.25, 0.3) is 21.7 Å². The molecule has 4 aromatic carbocycles. The first-order valence-electron chi connectivity index (χ1n) is 14.6. The van der Waals surface area contributed by atoms with Crippen molar-refractivity contribution in [1.29, 1.82) is 0 Å². The van der Waals surface area contributed by atoms with E-state index in [1.807, 2.05) is 66.7 Å². The average molecular weight is 582 g/mol. The fourth-order valence-electron chi connectivity index (χ4n) is 5.89. The first-order chi connectivity index (χ1) is 20.4. The summed E-state index contributed by atoms with van der Waals surface area (Å²) in [5, 5.41) is 9.04. The number of H-pyrrole nitrogens is 1. The zero-order chi connectivity index (χ0) is 29.3. The highest BCUT2D eigenvalue weighted by molar-refractivity contribution is 7.87. The fraction of sp³-hybridized carbons (Fsp3) is 0.265. The number of amides is 1. The maximum absolute atomic E-state index is 13.7. The Labute approximate surface area is 246 Å². The number of carbonyl (C=O) groups is 1. The summed E-state index contributed by atoms with van der Waals surface area (Å²) in [7, 11) is -4.08. The predicted molar refractivity (Wildman–Crippen MR) is 167 cm³/mol. The van der Waals surface area contributed by atoms with E-state index in [4.69, 9.17) is 4.18 Å². The molecule has 2 unspecified atom stereocenters. The van der Waals surface area contributed by atoms with Gasteiger partial charge in [0, 0.05) is 33.6 Å². The molecule has 1 aliphatic carbocycles. The van der Waals surface area contributed by atoms with E-state index in [9.17, 15) is 13.2 Å². The van der Waals surface area contributed by atoms with Gasteiger partial charge in [0.25, 0.3) is 16.0 Å². The minimum absolute atomic E-state index is 0.0409. The second-order valence-electron chi connectivity index (χ2n) is 10.9. The first-order valence-corrected chi connectivity index (χ1v) is 16.0. The molecular weight excluding hydrogens is 546 g/mol. The zero-order valence-electron chi connectivity index (χ0n) is 23.8. The average Bonchev–Trinajstić information content (AvgIpc) is 3.38. The molecule has 7 nitrogen and oxygen atoms in total. The van der Waals surface area contributed by atoms with E-state index in [0.717, 1.165) is 58.9 Å². The highest BCUT2D eigenvalue weighted by Gasteiger charge is 2.35. The van der Waals surface area contributed by atoms with Gasteiger partial charge in [-0.25, -0.2) is 0 Å². The number of hydrogen-bond acceptors (Lipinski definition) is 5. The predicted octanol–water partition coefficient (Wildman–Crippen LogP) is 6.90. The summed E-state index contributed by atoms with van der Waals surface area (Å²) in [6.45, 7) is 4.99. The maximum Gasteiger partial charge on any atom is 0.298 e. The van der Waals surface area contributed by atoms with Crippen molar-refractivity contribution in [2.24, 2.45) is 0 Å². The minimum Gasteiger partial charge on any atom is -0.356 e. The Morgan fingerprint density at radius 2 is 1.76 bits per heavy atom. The Hall–Kier alpha value is -3.98. The minimum atomic E-state index is -4.08. The zero-order valence-corrected chi connectivity index (χ0v) is 24.6. The number of fused-ring (bicyclic) bond motifs is 4. The summed E-state index contributed by atoms with van der Waals surface area (Å²) in [5.74, 6) is -0.168. The molecule has 0 fully saturated rings. The highest BCUT2D eigenvalue weighted by atomic mass is 32.2. The summed E-state index contributed by atoms with van der Waals surface area (Å²) in [5.41, 5.74) is 5.04. The SMILES string of the molecule is CCCNC1Cc2c([nH]c3ccc(NC(=O)c4cccc(CC)c4)cc23)C(OS(=O)(=O)c2cccc3ccccc23)C1. The third-order valence-corrected chi connectivity index (χ3v) is 9.39. The molecule has 1 aromatic heterocycles. The molecule has 3 N–H and O–H groups in total. The quantitative estimate of drug-likeness (QED) is 0.165. The topological polar surface area (TPSA) is 100 Å². The molecule has 2 atom stereocenters. The highest BCUT2D eigenvalue weighted by Crippen LogP contribution is 2.40. The van der Waals surface area contributed by atoms with Gasteiger partial charge in [-0.2, -0.15) is 8.42 Å². The van der Waals surface area contributed by atoms with Gasteiger partial charge in [0.2, 0.25) is 0 Å². The number of aromatic nitrogens is 1. The fourth-order valence-corrected chi connectivity index (χ4v) is 7.18. The lowest BCUT2D eigenvalue weighted by molar-refractivity contribution is 0.102. The molecule has 5 aromatic rings. The maximum atomic E-state index is 13.7. The number of anilines is 1. The summed E-state index contributed by atoms with van der Waals surface area (Å²) in [4.78, 5) is 16.7. The largest absolute Gasteiger partial charge is 0.356 e. The van der Waals surface area contributed by atoms with Crippen LogP contribution in [0.1, 0.15) is 60.0 Å². The van der Waals surface area contributed by atoms with E-state index in [1.54, 1.807) is 18.2 Å². The number of carbonyl (C=O) groups excluding carboxylic acids is 1. The molecule has 1 aliphatic rings. The Kier molecular flexibility index (Phi) is 7.86. The number of aromatic amines is 1. The van der Waals surface area contributed by atoms with Crippen LogP contribution in [0.5, 0.6) is 0 Å². The lowest BCUT2D eigenvalue weighted by Gasteiger charge is -2.30. The molecule has 1 heterocycles. The van der Waals surface area contributed by atoms with Crippen LogP contribution in [0.15, 0.2) is 89.8 Å². The number of rotatable bonds is 9. The molecule has 0 saturated carbocycles. The van der Waals surface area contributed by atoms with Gasteiger partial charge in [-0.15, -0.1) is 0 Å². The molecule has 0 saturated heterocycles. The van der Waals surface area contributed by atoms with E-state index in [0.29, 0.717) is 23.1 Å². The van der Waals surface area contributed by atoms with Crippen molar-refractivity contribution in [3.05, 3.63) is 107 Å². The first kappa shape index (κ1) is 28.2. The molecule has 6 rings (SSSR count). The molecule has 0 spiro atoms. The molecule has 0 bridgehead atoms. The van der Waals surface area contributed by atoms with Crippen molar-refractivity contribution in [1.82, 2.24) is 10.3 Å². The van der Waals surface area contributed by atoms with Gasteiger partial charge in [-0.3, -0.25) is 8.98 Å². The molecule has 42 heavy (non-hydrogen) atoms. The Morgan fingerprint density at radius 1 is 0.952 bits per heavy atom. The Bertz CT molecular complexity index is 1870. The van der Waals surface area contributed by atoms with Crippen molar-refractivity contribution in [2.75, 3.05) is 11.9 Å². The van der Waals surface area contributed by atoms with Crippen molar-refractivity contribution >= 4 is 43.4 Å². The molecular formula is C34H35N3O4S. The second kappa shape index (κ2) is 11.7. The van der Waals surface area contributed by atoms with Gasteiger partial charge in [-0.1, -0.05) is 62.4 Å². The molecule has 8 heteroatoms. The molecule has 216 valence electrons. The summed E-state index contributed by atoms with van der Waals surface area (Å²) in [6.07, 6.45) is 2.37. The van der Waals surface area contributed by atoms with E-state index in [2.05, 4.69) is 29.5 Å². The van der Waals surface area contributed by atoms with Crippen molar-refractivity contribution in [3.8, 4) is 0 Å². The second-order valence-corrected chi connectivity index (χ2v) is 12.4. The molecule has 0 radical (unpaired) electrons. The van der Waals surface area contributed by atoms with Crippen LogP contribution in [0.4, 0.5) is 5.69 Å². The molecule has 0 aliphatic heterocycles. The van der Waals surface area contributed by atoms with Crippen LogP contribution in [0.3, 0.4) is 0 Å². The van der Waals surface area contributed by atoms with Crippen LogP contribution < -0.4 is 10.6 Å². The van der Waals surface area contributed by atoms with E-state index in [1.165, 1.54) is 0 Å². The number of aryl methyl sites for hydroxylation is 1. The van der Waals surface area contributed by atoms with Crippen LogP contribution in [-0.2, 0) is 27.1 Å². The van der Waals surface area contributed by atoms with Crippen molar-refractivity contribution in [3.63, 3.8) is 0 Å². The third-order valence-electron chi connectivity index (χ3n) is 8.01. The van der Waals surface area contributed by atoms with E-state index < -0.39 is 16.2 Å². The van der Waals surface area contributed by atoms with Gasteiger partial charge in [-0.05, 0) is 85.1 Å². The lowest BCUT2D eigenvalue weighted by Crippen LogP contribution is -2.37. The standard InChI is InChI=1S/C34H35N3O4S/c1-3-17-35-26-20-29-28-19-25(36-34(38)24-12-7-9-22(4-2)18-24)15-16-30(28)37-33(29)31(21-26)41-42(39,40)32-14-8-11-23-10-5-6-13-27(23)32/h5-16,18-19,26,31,35,37H,3-4,17,20-21H2,1-2H3,(H,36,38). The molecule has 1 amide bonds. The lowest BCUT2D eigenvalue weighted by atomic mass is 9.89. The van der Waals surface area contributed by atoms with Gasteiger partial charge in [0.05, 0.1) is 5.69 Å². The van der Waals surface area contributed by atoms with Crippen LogP contribution in [0.2, 0.25) is 0 Å². The van der Waals surface area contributed by atoms with E-state index in [-0.39, 0.29) is 16.8 Å². The van der Waals surface area contributed by atoms with E-state index >= 15 is 0 Å². The summed E-state index contributed by atoms with van der Waals surface area (Å²) >= 11 is 0. The summed E-state index contributed by atoms with van der Waals surface area (Å²) in [6, 6.07) is 26.1. The van der Waals surface area contributed by atoms with Crippen LogP contribution >= 0.6 is 0 Å². The third kappa shape index (κ3) is 5.57. The van der Waals surface area contributed by atoms with Gasteiger partial charge < -0.3 is 15.6 Å². The van der Waals surface area contributed by atoms with Crippen LogP contribution in [0, 0.1) is 0 Å². The van der Waals surface area contributed by atoms with Gasteiger partial charge in [0.1, 0.15) is 11.0 Å². The van der Waals surface area contributed by atoms with Crippen molar-refractivity contribution < 1.29 is 17.4 Å². The van der Waals surface area contributed by atoms with Crippen LogP contribution in [-0.4, -0.2) is 31.9 Å². The normalized spacial score (nSPS) is 16.9.